The van der Waals surface area contributed by atoms with Crippen molar-refractivity contribution in [2.75, 3.05) is 12.4 Å². The summed E-state index contributed by atoms with van der Waals surface area (Å²) in [6, 6.07) is 7.75. The third-order valence-electron chi connectivity index (χ3n) is 2.96. The third-order valence-corrected chi connectivity index (χ3v) is 2.96. The smallest absolute Gasteiger partial charge is 0.245 e. The van der Waals surface area contributed by atoms with E-state index in [1.807, 2.05) is 24.3 Å². The fourth-order valence-corrected chi connectivity index (χ4v) is 1.81. The van der Waals surface area contributed by atoms with Crippen molar-refractivity contribution in [2.24, 2.45) is 0 Å². The fraction of sp³-hybridized carbons (Fsp3) is 0.385. The third kappa shape index (κ3) is 2.30. The summed E-state index contributed by atoms with van der Waals surface area (Å²) in [6.07, 6.45) is 2.36. The van der Waals surface area contributed by atoms with Gasteiger partial charge in [-0.2, -0.15) is 4.98 Å². The van der Waals surface area contributed by atoms with Gasteiger partial charge in [-0.3, -0.25) is 0 Å². The molecule has 0 atom stereocenters. The summed E-state index contributed by atoms with van der Waals surface area (Å²) in [7, 11) is 1.65. The van der Waals surface area contributed by atoms with Gasteiger partial charge in [0.15, 0.2) is 5.82 Å². The number of aromatic nitrogens is 2. The number of hydrogen-bond acceptors (Lipinski definition) is 5. The summed E-state index contributed by atoms with van der Waals surface area (Å²) < 4.78 is 10.5. The molecule has 0 spiro atoms. The number of anilines is 1. The highest BCUT2D eigenvalue weighted by Crippen LogP contribution is 2.38. The Balaban J connectivity index is 1.65. The zero-order valence-electron chi connectivity index (χ0n) is 10.2. The second kappa shape index (κ2) is 4.68. The number of methoxy groups -OCH3 is 1. The normalized spacial score (nSPS) is 14.5. The number of para-hydroxylation sites is 2. The van der Waals surface area contributed by atoms with Crippen LogP contribution in [-0.4, -0.2) is 17.3 Å². The van der Waals surface area contributed by atoms with Gasteiger partial charge in [0.1, 0.15) is 5.75 Å². The van der Waals surface area contributed by atoms with Gasteiger partial charge in [0.05, 0.1) is 19.3 Å². The zero-order chi connectivity index (χ0) is 12.4. The number of nitrogens with one attached hydrogen (secondary N) is 1. The molecule has 1 fully saturated rings. The van der Waals surface area contributed by atoms with Gasteiger partial charge in [-0.15, -0.1) is 0 Å². The van der Waals surface area contributed by atoms with Crippen LogP contribution in [0.5, 0.6) is 5.75 Å². The molecule has 1 N–H and O–H groups in total. The lowest BCUT2D eigenvalue weighted by Crippen LogP contribution is -2.01. The van der Waals surface area contributed by atoms with E-state index in [-0.39, 0.29) is 0 Å². The molecule has 1 aliphatic rings. The Morgan fingerprint density at radius 1 is 1.39 bits per heavy atom. The Morgan fingerprint density at radius 2 is 2.22 bits per heavy atom. The average molecular weight is 245 g/mol. The lowest BCUT2D eigenvalue weighted by Gasteiger charge is -2.08. The van der Waals surface area contributed by atoms with Crippen LogP contribution >= 0.6 is 0 Å². The molecule has 18 heavy (non-hydrogen) atoms. The molecule has 1 aromatic heterocycles. The van der Waals surface area contributed by atoms with Crippen LogP contribution in [0.2, 0.25) is 0 Å². The Hall–Kier alpha value is -2.04. The van der Waals surface area contributed by atoms with Crippen molar-refractivity contribution in [1.29, 1.82) is 0 Å². The quantitative estimate of drug-likeness (QED) is 0.877. The van der Waals surface area contributed by atoms with E-state index in [4.69, 9.17) is 9.26 Å². The number of ether oxygens (including phenoxy) is 1. The maximum Gasteiger partial charge on any atom is 0.245 e. The van der Waals surface area contributed by atoms with Crippen LogP contribution in [-0.2, 0) is 6.54 Å². The van der Waals surface area contributed by atoms with Crippen molar-refractivity contribution in [2.45, 2.75) is 25.3 Å². The van der Waals surface area contributed by atoms with Gasteiger partial charge in [0.25, 0.3) is 0 Å². The highest BCUT2D eigenvalue weighted by molar-refractivity contribution is 5.55. The molecule has 3 rings (SSSR count). The molecule has 0 saturated heterocycles. The maximum atomic E-state index is 5.26. The van der Waals surface area contributed by atoms with Crippen LogP contribution in [0.3, 0.4) is 0 Å². The van der Waals surface area contributed by atoms with E-state index in [0.29, 0.717) is 18.4 Å². The number of nitrogens with zero attached hydrogens (tertiary/aromatic N) is 2. The van der Waals surface area contributed by atoms with E-state index < -0.39 is 0 Å². The zero-order valence-corrected chi connectivity index (χ0v) is 10.2. The molecule has 5 nitrogen and oxygen atoms in total. The highest BCUT2D eigenvalue weighted by Gasteiger charge is 2.28. The first-order valence-corrected chi connectivity index (χ1v) is 6.06. The molecular weight excluding hydrogens is 230 g/mol. The topological polar surface area (TPSA) is 60.2 Å². The largest absolute Gasteiger partial charge is 0.495 e. The molecule has 5 heteroatoms. The van der Waals surface area contributed by atoms with Gasteiger partial charge in [0.2, 0.25) is 5.89 Å². The molecule has 0 unspecified atom stereocenters. The Labute approximate surface area is 105 Å². The van der Waals surface area contributed by atoms with Crippen molar-refractivity contribution in [3.05, 3.63) is 36.0 Å². The van der Waals surface area contributed by atoms with Gasteiger partial charge >= 0.3 is 0 Å². The minimum atomic E-state index is 0.514. The molecule has 1 aromatic carbocycles. The Morgan fingerprint density at radius 3 is 3.00 bits per heavy atom. The van der Waals surface area contributed by atoms with E-state index in [1.54, 1.807) is 7.11 Å². The second-order valence-corrected chi connectivity index (χ2v) is 4.37. The van der Waals surface area contributed by atoms with E-state index in [9.17, 15) is 0 Å². The van der Waals surface area contributed by atoms with Crippen molar-refractivity contribution < 1.29 is 9.26 Å². The summed E-state index contributed by atoms with van der Waals surface area (Å²) >= 11 is 0. The van der Waals surface area contributed by atoms with Crippen LogP contribution in [0.25, 0.3) is 0 Å². The van der Waals surface area contributed by atoms with Crippen LogP contribution in [0.1, 0.15) is 30.5 Å². The average Bonchev–Trinajstić information content (AvgIpc) is 3.16. The second-order valence-electron chi connectivity index (χ2n) is 4.37. The van der Waals surface area contributed by atoms with Gasteiger partial charge in [-0.05, 0) is 25.0 Å². The Kier molecular flexibility index (Phi) is 2.88. The molecule has 0 aliphatic heterocycles. The first kappa shape index (κ1) is 11.1. The van der Waals surface area contributed by atoms with E-state index in [1.165, 1.54) is 12.8 Å². The highest BCUT2D eigenvalue weighted by atomic mass is 16.5. The predicted molar refractivity (Wildman–Crippen MR) is 66.6 cm³/mol. The molecule has 0 amide bonds. The van der Waals surface area contributed by atoms with E-state index in [2.05, 4.69) is 15.5 Å². The van der Waals surface area contributed by atoms with E-state index >= 15 is 0 Å². The first-order chi connectivity index (χ1) is 8.86. The molecule has 1 aliphatic carbocycles. The lowest BCUT2D eigenvalue weighted by atomic mass is 10.3. The number of rotatable bonds is 5. The first-order valence-electron chi connectivity index (χ1n) is 6.06. The molecular formula is C13H15N3O2. The van der Waals surface area contributed by atoms with Crippen LogP contribution in [0.4, 0.5) is 5.69 Å². The molecule has 0 bridgehead atoms. The summed E-state index contributed by atoms with van der Waals surface area (Å²) in [5.74, 6) is 2.78. The van der Waals surface area contributed by atoms with E-state index in [0.717, 1.165) is 17.3 Å². The van der Waals surface area contributed by atoms with Crippen LogP contribution in [0, 0.1) is 0 Å². The maximum absolute atomic E-state index is 5.26. The van der Waals surface area contributed by atoms with Gasteiger partial charge in [0, 0.05) is 5.92 Å². The van der Waals surface area contributed by atoms with Gasteiger partial charge in [-0.25, -0.2) is 0 Å². The van der Waals surface area contributed by atoms with Gasteiger partial charge in [-0.1, -0.05) is 17.3 Å². The minimum Gasteiger partial charge on any atom is -0.495 e. The summed E-state index contributed by atoms with van der Waals surface area (Å²) in [4.78, 5) is 4.36. The molecule has 94 valence electrons. The Bertz CT molecular complexity index is 535. The van der Waals surface area contributed by atoms with Crippen LogP contribution in [0.15, 0.2) is 28.8 Å². The van der Waals surface area contributed by atoms with Crippen LogP contribution < -0.4 is 10.1 Å². The van der Waals surface area contributed by atoms with Crippen molar-refractivity contribution >= 4 is 5.69 Å². The molecule has 1 saturated carbocycles. The lowest BCUT2D eigenvalue weighted by molar-refractivity contribution is 0.377. The molecule has 0 radical (unpaired) electrons. The summed E-state index contributed by atoms with van der Waals surface area (Å²) in [5.41, 5.74) is 0.922. The van der Waals surface area contributed by atoms with Crippen molar-refractivity contribution in [3.63, 3.8) is 0 Å². The molecule has 1 heterocycles. The molecule has 2 aromatic rings. The number of benzene rings is 1. The van der Waals surface area contributed by atoms with Gasteiger partial charge < -0.3 is 14.6 Å². The minimum absolute atomic E-state index is 0.514. The standard InChI is InChI=1S/C13H15N3O2/c1-17-11-5-3-2-4-10(11)14-8-12-15-13(16-18-12)9-6-7-9/h2-5,9,14H,6-8H2,1H3. The van der Waals surface area contributed by atoms with Crippen molar-refractivity contribution in [1.82, 2.24) is 10.1 Å². The predicted octanol–water partition coefficient (Wildman–Crippen LogP) is 2.57. The fourth-order valence-electron chi connectivity index (χ4n) is 1.81. The summed E-state index contributed by atoms with van der Waals surface area (Å²) in [5, 5.41) is 7.21. The SMILES string of the molecule is COc1ccccc1NCc1nc(C2CC2)no1. The monoisotopic (exact) mass is 245 g/mol. The summed E-state index contributed by atoms with van der Waals surface area (Å²) in [6.45, 7) is 0.514. The van der Waals surface area contributed by atoms with Crippen molar-refractivity contribution in [3.8, 4) is 5.75 Å². The number of hydrogen-bond donors (Lipinski definition) is 1.